The van der Waals surface area contributed by atoms with Gasteiger partial charge in [-0.25, -0.2) is 0 Å². The zero-order valence-electron chi connectivity index (χ0n) is 46.4. The average molecular weight is 991 g/mol. The Labute approximate surface area is 435 Å². The lowest BCUT2D eigenvalue weighted by molar-refractivity contribution is 0.306. The second-order valence-corrected chi connectivity index (χ2v) is 24.9. The van der Waals surface area contributed by atoms with Gasteiger partial charge in [-0.3, -0.25) is 0 Å². The molecule has 0 amide bonds. The lowest BCUT2D eigenvalue weighted by Gasteiger charge is -2.29. The second kappa shape index (κ2) is 22.8. The van der Waals surface area contributed by atoms with Crippen molar-refractivity contribution in [1.82, 2.24) is 0 Å². The van der Waals surface area contributed by atoms with Gasteiger partial charge in [-0.1, -0.05) is 189 Å². The van der Waals surface area contributed by atoms with Crippen LogP contribution in [0.4, 0.5) is 0 Å². The summed E-state index contributed by atoms with van der Waals surface area (Å²) < 4.78 is 42.1. The quantitative estimate of drug-likeness (QED) is 0.0954. The molecule has 6 nitrogen and oxygen atoms in total. The van der Waals surface area contributed by atoms with Gasteiger partial charge in [0, 0.05) is 25.7 Å². The predicted octanol–water partition coefficient (Wildman–Crippen LogP) is 17.7. The van der Waals surface area contributed by atoms with Crippen LogP contribution in [0.25, 0.3) is 0 Å². The van der Waals surface area contributed by atoms with Crippen LogP contribution in [0.2, 0.25) is 0 Å². The number of ether oxygens (including phenoxy) is 3. The van der Waals surface area contributed by atoms with E-state index in [1.165, 1.54) is 33.4 Å². The molecule has 0 saturated heterocycles. The summed E-state index contributed by atoms with van der Waals surface area (Å²) in [5, 5.41) is 0. The summed E-state index contributed by atoms with van der Waals surface area (Å²) >= 11 is 0. The minimum absolute atomic E-state index is 0.120. The van der Waals surface area contributed by atoms with Crippen molar-refractivity contribution in [2.24, 2.45) is 0 Å². The summed E-state index contributed by atoms with van der Waals surface area (Å²) in [4.78, 5) is 0. The third-order valence-corrected chi connectivity index (χ3v) is 14.4. The number of para-hydroxylation sites is 2. The van der Waals surface area contributed by atoms with Crippen molar-refractivity contribution in [2.75, 3.05) is 19.8 Å². The van der Waals surface area contributed by atoms with Crippen LogP contribution in [0, 0.1) is 0 Å². The van der Waals surface area contributed by atoms with Crippen LogP contribution in [-0.4, -0.2) is 19.8 Å². The van der Waals surface area contributed by atoms with Crippen LogP contribution in [0.1, 0.15) is 190 Å². The standard InChI is InChI=1S/C65H83O6P/c1-16-29-66-58-44-32-46-38-53(63(7,8)9)40-48(59(46)67-30-17-2)34-50-42-55(65(13,14)15)43-51(61(50)71-72(69-56-25-21-19-22-26-56)70-57-27-23-20-24-28-57)35-49-41-54(64(10,11)12)39-47(60(49)68-31-18-3)33-45(58)37-52(36-44)62(4,5)6/h19-28,36-43H,16-18,29-35H2,1-15H3. The molecule has 384 valence electrons. The maximum absolute atomic E-state index is 7.43. The Morgan fingerprint density at radius 1 is 0.333 bits per heavy atom. The third kappa shape index (κ3) is 13.6. The summed E-state index contributed by atoms with van der Waals surface area (Å²) in [6, 6.07) is 38.8. The topological polar surface area (TPSA) is 55.4 Å². The van der Waals surface area contributed by atoms with Crippen LogP contribution in [0.3, 0.4) is 0 Å². The van der Waals surface area contributed by atoms with E-state index in [0.29, 0.717) is 57.0 Å². The minimum Gasteiger partial charge on any atom is -0.493 e. The lowest BCUT2D eigenvalue weighted by Crippen LogP contribution is -2.18. The first-order valence-corrected chi connectivity index (χ1v) is 27.6. The van der Waals surface area contributed by atoms with E-state index in [2.05, 4.69) is 152 Å². The fourth-order valence-corrected chi connectivity index (χ4v) is 10.3. The molecular weight excluding hydrogens is 908 g/mol. The molecule has 0 radical (unpaired) electrons. The minimum atomic E-state index is -2.03. The highest BCUT2D eigenvalue weighted by molar-refractivity contribution is 7.43. The summed E-state index contributed by atoms with van der Waals surface area (Å²) in [6.07, 6.45) is 5.01. The third-order valence-electron chi connectivity index (χ3n) is 13.3. The normalized spacial score (nSPS) is 13.2. The van der Waals surface area contributed by atoms with Gasteiger partial charge in [0.2, 0.25) is 0 Å². The van der Waals surface area contributed by atoms with Crippen LogP contribution in [-0.2, 0) is 47.3 Å². The Hall–Kier alpha value is -5.45. The highest BCUT2D eigenvalue weighted by atomic mass is 31.2. The van der Waals surface area contributed by atoms with Gasteiger partial charge in [0.1, 0.15) is 34.5 Å². The van der Waals surface area contributed by atoms with Gasteiger partial charge < -0.3 is 27.8 Å². The number of hydrogen-bond acceptors (Lipinski definition) is 6. The van der Waals surface area contributed by atoms with Crippen LogP contribution in [0.15, 0.2) is 109 Å². The van der Waals surface area contributed by atoms with E-state index >= 15 is 0 Å². The fraction of sp³-hybridized carbons (Fsp3) is 0.446. The molecule has 6 aromatic rings. The summed E-state index contributed by atoms with van der Waals surface area (Å²) in [5.74, 6) is 4.89. The molecule has 6 aromatic carbocycles. The first kappa shape index (κ1) is 54.3. The number of rotatable bonds is 15. The van der Waals surface area contributed by atoms with Crippen LogP contribution < -0.4 is 27.8 Å². The molecule has 0 N–H and O–H groups in total. The molecule has 0 atom stereocenters. The van der Waals surface area contributed by atoms with E-state index in [1.807, 2.05) is 60.7 Å². The fourth-order valence-electron chi connectivity index (χ4n) is 9.17. The molecule has 1 aliphatic rings. The van der Waals surface area contributed by atoms with Crippen molar-refractivity contribution in [2.45, 2.75) is 170 Å². The van der Waals surface area contributed by atoms with Gasteiger partial charge in [-0.2, -0.15) is 0 Å². The van der Waals surface area contributed by atoms with E-state index in [4.69, 9.17) is 27.8 Å². The Kier molecular flexibility index (Phi) is 17.2. The van der Waals surface area contributed by atoms with E-state index in [1.54, 1.807) is 0 Å². The first-order valence-electron chi connectivity index (χ1n) is 26.5. The Morgan fingerprint density at radius 3 is 0.792 bits per heavy atom. The molecule has 0 aromatic heterocycles. The van der Waals surface area contributed by atoms with E-state index in [-0.39, 0.29) is 21.7 Å². The molecule has 8 bridgehead atoms. The van der Waals surface area contributed by atoms with Crippen molar-refractivity contribution in [3.8, 4) is 34.5 Å². The first-order chi connectivity index (χ1) is 34.0. The molecular formula is C65H83O6P. The van der Waals surface area contributed by atoms with Gasteiger partial charge >= 0.3 is 8.60 Å². The molecule has 1 aliphatic carbocycles. The highest BCUT2D eigenvalue weighted by Gasteiger charge is 2.31. The number of benzene rings is 6. The number of fused-ring (bicyclic) bond motifs is 8. The van der Waals surface area contributed by atoms with Crippen molar-refractivity contribution < 1.29 is 27.8 Å². The van der Waals surface area contributed by atoms with Crippen LogP contribution >= 0.6 is 8.60 Å². The smallest absolute Gasteiger partial charge is 0.493 e. The molecule has 0 aliphatic heterocycles. The van der Waals surface area contributed by atoms with Gasteiger partial charge in [0.15, 0.2) is 0 Å². The lowest BCUT2D eigenvalue weighted by atomic mass is 9.79. The zero-order chi connectivity index (χ0) is 52.0. The SMILES string of the molecule is CCCOc1c2cc(C(C)(C)C)cc1Cc1cc(C(C)(C)C)cc(c1OCCC)Cc1cc(C(C)(C)C)cc(c1OP(Oc1ccccc1)Oc1ccccc1)Cc1cc(C(C)(C)C)cc(c1OCCC)C2. The van der Waals surface area contributed by atoms with Gasteiger partial charge in [-0.15, -0.1) is 0 Å². The summed E-state index contributed by atoms with van der Waals surface area (Å²) in [5.41, 5.74) is 13.3. The molecule has 0 unspecified atom stereocenters. The molecule has 0 saturated carbocycles. The summed E-state index contributed by atoms with van der Waals surface area (Å²) in [6.45, 7) is 36.0. The number of hydrogen-bond donors (Lipinski definition) is 0. The maximum Gasteiger partial charge on any atom is 0.530 e. The Balaban J connectivity index is 1.63. The monoisotopic (exact) mass is 991 g/mol. The molecule has 7 heteroatoms. The zero-order valence-corrected chi connectivity index (χ0v) is 47.3. The van der Waals surface area contributed by atoms with Gasteiger partial charge in [0.05, 0.1) is 19.8 Å². The van der Waals surface area contributed by atoms with Gasteiger partial charge in [-0.05, 0) is 132 Å². The Morgan fingerprint density at radius 2 is 0.569 bits per heavy atom. The molecule has 72 heavy (non-hydrogen) atoms. The average Bonchev–Trinajstić information content (AvgIpc) is 3.30. The van der Waals surface area contributed by atoms with E-state index in [0.717, 1.165) is 75.6 Å². The van der Waals surface area contributed by atoms with E-state index in [9.17, 15) is 0 Å². The van der Waals surface area contributed by atoms with Crippen molar-refractivity contribution >= 4 is 8.60 Å². The molecule has 0 heterocycles. The largest absolute Gasteiger partial charge is 0.530 e. The van der Waals surface area contributed by atoms with E-state index < -0.39 is 8.60 Å². The molecule has 0 spiro atoms. The van der Waals surface area contributed by atoms with Crippen LogP contribution in [0.5, 0.6) is 34.5 Å². The highest BCUT2D eigenvalue weighted by Crippen LogP contribution is 2.49. The van der Waals surface area contributed by atoms with Crippen molar-refractivity contribution in [1.29, 1.82) is 0 Å². The molecule has 0 fully saturated rings. The predicted molar refractivity (Wildman–Crippen MR) is 301 cm³/mol. The molecule has 7 rings (SSSR count). The summed E-state index contributed by atoms with van der Waals surface area (Å²) in [7, 11) is -2.03. The van der Waals surface area contributed by atoms with Crippen molar-refractivity contribution in [3.63, 3.8) is 0 Å². The van der Waals surface area contributed by atoms with Gasteiger partial charge in [0.25, 0.3) is 0 Å². The second-order valence-electron chi connectivity index (χ2n) is 23.9. The van der Waals surface area contributed by atoms with Crippen molar-refractivity contribution in [3.05, 3.63) is 176 Å². The maximum atomic E-state index is 7.43. The Bertz CT molecular complexity index is 2600.